The number of carbonyl (C=O) groups excluding carboxylic acids is 1. The van der Waals surface area contributed by atoms with Crippen LogP contribution in [0, 0.1) is 5.92 Å². The minimum Gasteiger partial charge on any atom is -0.294 e. The van der Waals surface area contributed by atoms with E-state index in [2.05, 4.69) is 15.9 Å². The zero-order chi connectivity index (χ0) is 10.3. The van der Waals surface area contributed by atoms with Crippen molar-refractivity contribution in [1.29, 1.82) is 0 Å². The molecule has 0 radical (unpaired) electrons. The smallest absolute Gasteiger partial charge is 0.259 e. The summed E-state index contributed by atoms with van der Waals surface area (Å²) in [6, 6.07) is 6.46. The topological polar surface area (TPSA) is 17.1 Å². The molecule has 4 heteroatoms. The van der Waals surface area contributed by atoms with Crippen molar-refractivity contribution in [3.63, 3.8) is 0 Å². The number of ketones is 1. The Morgan fingerprint density at radius 2 is 1.86 bits per heavy atom. The van der Waals surface area contributed by atoms with Crippen LogP contribution >= 0.6 is 15.9 Å². The summed E-state index contributed by atoms with van der Waals surface area (Å²) in [6.07, 6.45) is -0.304. The number of rotatable bonds is 2. The first-order chi connectivity index (χ1) is 6.50. The van der Waals surface area contributed by atoms with Gasteiger partial charge in [-0.25, -0.2) is 8.78 Å². The lowest BCUT2D eigenvalue weighted by Crippen LogP contribution is -2.07. The van der Waals surface area contributed by atoms with Crippen LogP contribution in [0.25, 0.3) is 0 Å². The lowest BCUT2D eigenvalue weighted by atomic mass is 10.1. The monoisotopic (exact) mass is 260 g/mol. The number of hydrogen-bond donors (Lipinski definition) is 0. The van der Waals surface area contributed by atoms with Crippen molar-refractivity contribution in [3.05, 3.63) is 34.3 Å². The molecule has 1 aliphatic carbocycles. The van der Waals surface area contributed by atoms with Crippen LogP contribution in [-0.4, -0.2) is 11.7 Å². The maximum Gasteiger partial charge on any atom is 0.259 e. The van der Waals surface area contributed by atoms with Crippen molar-refractivity contribution < 1.29 is 13.6 Å². The van der Waals surface area contributed by atoms with E-state index in [9.17, 15) is 13.6 Å². The first kappa shape index (κ1) is 9.77. The largest absolute Gasteiger partial charge is 0.294 e. The van der Waals surface area contributed by atoms with Crippen molar-refractivity contribution in [1.82, 2.24) is 0 Å². The Balaban J connectivity index is 2.17. The van der Waals surface area contributed by atoms with Gasteiger partial charge < -0.3 is 0 Å². The molecule has 2 rings (SSSR count). The molecule has 0 aliphatic heterocycles. The average Bonchev–Trinajstić information content (AvgIpc) is 2.75. The molecule has 1 aromatic carbocycles. The fraction of sp³-hybridized carbons (Fsp3) is 0.300. The molecule has 1 saturated carbocycles. The second kappa shape index (κ2) is 3.12. The summed E-state index contributed by atoms with van der Waals surface area (Å²) < 4.78 is 26.0. The third kappa shape index (κ3) is 1.71. The number of halogens is 3. The van der Waals surface area contributed by atoms with E-state index in [1.54, 1.807) is 24.3 Å². The number of benzene rings is 1. The van der Waals surface area contributed by atoms with Gasteiger partial charge in [0.2, 0.25) is 0 Å². The number of hydrogen-bond acceptors (Lipinski definition) is 1. The van der Waals surface area contributed by atoms with Crippen LogP contribution < -0.4 is 0 Å². The molecule has 0 saturated heterocycles. The zero-order valence-corrected chi connectivity index (χ0v) is 8.72. The Morgan fingerprint density at radius 1 is 1.36 bits per heavy atom. The van der Waals surface area contributed by atoms with E-state index < -0.39 is 17.6 Å². The van der Waals surface area contributed by atoms with Crippen LogP contribution in [0.5, 0.6) is 0 Å². The fourth-order valence-corrected chi connectivity index (χ4v) is 1.58. The highest BCUT2D eigenvalue weighted by Crippen LogP contribution is 2.50. The third-order valence-corrected chi connectivity index (χ3v) is 2.80. The van der Waals surface area contributed by atoms with Crippen molar-refractivity contribution in [2.75, 3.05) is 0 Å². The summed E-state index contributed by atoms with van der Waals surface area (Å²) >= 11 is 3.21. The molecule has 1 unspecified atom stereocenters. The van der Waals surface area contributed by atoms with E-state index in [1.807, 2.05) is 0 Å². The quantitative estimate of drug-likeness (QED) is 0.746. The number of alkyl halides is 2. The minimum atomic E-state index is -2.77. The molecular weight excluding hydrogens is 254 g/mol. The standard InChI is InChI=1S/C10H7BrF2O/c11-7-3-1-6(2-4-7)9(14)8-5-10(8,12)13/h1-4,8H,5H2. The van der Waals surface area contributed by atoms with Crippen molar-refractivity contribution in [3.8, 4) is 0 Å². The highest BCUT2D eigenvalue weighted by Gasteiger charge is 2.60. The first-order valence-electron chi connectivity index (χ1n) is 4.18. The van der Waals surface area contributed by atoms with Gasteiger partial charge >= 0.3 is 0 Å². The van der Waals surface area contributed by atoms with E-state index in [-0.39, 0.29) is 6.42 Å². The predicted molar refractivity (Wildman–Crippen MR) is 51.5 cm³/mol. The molecule has 0 spiro atoms. The molecule has 0 bridgehead atoms. The highest BCUT2D eigenvalue weighted by molar-refractivity contribution is 9.10. The molecule has 1 nitrogen and oxygen atoms in total. The van der Waals surface area contributed by atoms with Crippen LogP contribution in [0.1, 0.15) is 16.8 Å². The molecule has 0 N–H and O–H groups in total. The van der Waals surface area contributed by atoms with Crippen molar-refractivity contribution in [2.45, 2.75) is 12.3 Å². The van der Waals surface area contributed by atoms with Crippen LogP contribution in [0.4, 0.5) is 8.78 Å². The lowest BCUT2D eigenvalue weighted by molar-refractivity contribution is 0.0757. The molecule has 74 valence electrons. The summed E-state index contributed by atoms with van der Waals surface area (Å²) in [7, 11) is 0. The molecule has 1 aromatic rings. The van der Waals surface area contributed by atoms with Crippen molar-refractivity contribution >= 4 is 21.7 Å². The summed E-state index contributed by atoms with van der Waals surface area (Å²) in [5.41, 5.74) is 0.357. The first-order valence-corrected chi connectivity index (χ1v) is 4.97. The van der Waals surface area contributed by atoms with Crippen LogP contribution in [0.3, 0.4) is 0 Å². The third-order valence-electron chi connectivity index (χ3n) is 2.27. The Kier molecular flexibility index (Phi) is 2.18. The zero-order valence-electron chi connectivity index (χ0n) is 7.14. The Labute approximate surface area is 88.2 Å². The maximum absolute atomic E-state index is 12.6. The average molecular weight is 261 g/mol. The van der Waals surface area contributed by atoms with Gasteiger partial charge in [-0.2, -0.15) is 0 Å². The number of Topliss-reactive ketones (excluding diaryl/α,β-unsaturated/α-hetero) is 1. The van der Waals surface area contributed by atoms with Crippen LogP contribution in [-0.2, 0) is 0 Å². The predicted octanol–water partition coefficient (Wildman–Crippen LogP) is 3.29. The Morgan fingerprint density at radius 3 is 2.29 bits per heavy atom. The number of carbonyl (C=O) groups is 1. The van der Waals surface area contributed by atoms with E-state index in [4.69, 9.17) is 0 Å². The van der Waals surface area contributed by atoms with E-state index in [0.717, 1.165) is 4.47 Å². The summed E-state index contributed by atoms with van der Waals surface area (Å²) in [4.78, 5) is 11.4. The van der Waals surface area contributed by atoms with Crippen LogP contribution in [0.2, 0.25) is 0 Å². The minimum absolute atomic E-state index is 0.304. The van der Waals surface area contributed by atoms with Gasteiger partial charge in [0.25, 0.3) is 5.92 Å². The summed E-state index contributed by atoms with van der Waals surface area (Å²) in [5, 5.41) is 0. The van der Waals surface area contributed by atoms with Crippen LogP contribution in [0.15, 0.2) is 28.7 Å². The SMILES string of the molecule is O=C(c1ccc(Br)cc1)C1CC1(F)F. The summed E-state index contributed by atoms with van der Waals surface area (Å²) in [5.74, 6) is -4.32. The van der Waals surface area contributed by atoms with E-state index in [1.165, 1.54) is 0 Å². The van der Waals surface area contributed by atoms with Gasteiger partial charge in [-0.1, -0.05) is 28.1 Å². The lowest BCUT2D eigenvalue weighted by Gasteiger charge is -1.99. The van der Waals surface area contributed by atoms with E-state index in [0.29, 0.717) is 5.56 Å². The molecular formula is C10H7BrF2O. The van der Waals surface area contributed by atoms with Gasteiger partial charge in [-0.05, 0) is 12.1 Å². The second-order valence-electron chi connectivity index (χ2n) is 3.39. The Bertz CT molecular complexity index is 372. The van der Waals surface area contributed by atoms with Gasteiger partial charge in [0, 0.05) is 16.5 Å². The van der Waals surface area contributed by atoms with Gasteiger partial charge in [0.15, 0.2) is 5.78 Å². The second-order valence-corrected chi connectivity index (χ2v) is 4.30. The normalized spacial score (nSPS) is 23.2. The molecule has 0 aromatic heterocycles. The summed E-state index contributed by atoms with van der Waals surface area (Å²) in [6.45, 7) is 0. The van der Waals surface area contributed by atoms with Gasteiger partial charge in [0.05, 0.1) is 5.92 Å². The van der Waals surface area contributed by atoms with Gasteiger partial charge in [-0.3, -0.25) is 4.79 Å². The van der Waals surface area contributed by atoms with Gasteiger partial charge in [0.1, 0.15) is 0 Å². The molecule has 14 heavy (non-hydrogen) atoms. The van der Waals surface area contributed by atoms with Crippen molar-refractivity contribution in [2.24, 2.45) is 5.92 Å². The molecule has 0 heterocycles. The maximum atomic E-state index is 12.6. The molecule has 0 amide bonds. The molecule has 1 aliphatic rings. The highest BCUT2D eigenvalue weighted by atomic mass is 79.9. The fourth-order valence-electron chi connectivity index (χ4n) is 1.31. The molecule has 1 fully saturated rings. The molecule has 1 atom stereocenters. The van der Waals surface area contributed by atoms with Gasteiger partial charge in [-0.15, -0.1) is 0 Å². The Hall–Kier alpha value is -0.770. The van der Waals surface area contributed by atoms with E-state index >= 15 is 0 Å².